The fraction of sp³-hybridized carbons (Fsp3) is 0.467. The van der Waals surface area contributed by atoms with Crippen molar-refractivity contribution in [3.63, 3.8) is 0 Å². The summed E-state index contributed by atoms with van der Waals surface area (Å²) in [6, 6.07) is 10.0. The van der Waals surface area contributed by atoms with Gasteiger partial charge in [0.15, 0.2) is 6.10 Å². The van der Waals surface area contributed by atoms with E-state index >= 15 is 0 Å². The van der Waals surface area contributed by atoms with E-state index in [4.69, 9.17) is 4.84 Å². The third-order valence-electron chi connectivity index (χ3n) is 3.30. The number of rotatable bonds is 5. The van der Waals surface area contributed by atoms with Gasteiger partial charge < -0.3 is 9.74 Å². The third-order valence-corrected chi connectivity index (χ3v) is 3.30. The Hall–Kier alpha value is -1.84. The summed E-state index contributed by atoms with van der Waals surface area (Å²) in [4.78, 5) is 19.0. The van der Waals surface area contributed by atoms with Crippen LogP contribution in [0.1, 0.15) is 32.3 Å². The first-order chi connectivity index (χ1) is 9.24. The molecule has 19 heavy (non-hydrogen) atoms. The Labute approximate surface area is 114 Å². The molecule has 4 heteroatoms. The second-order valence-corrected chi connectivity index (χ2v) is 4.62. The summed E-state index contributed by atoms with van der Waals surface area (Å²) in [6.45, 7) is 5.20. The van der Waals surface area contributed by atoms with Gasteiger partial charge in [-0.3, -0.25) is 4.79 Å². The van der Waals surface area contributed by atoms with Crippen molar-refractivity contribution in [1.82, 2.24) is 4.90 Å². The molecule has 1 aromatic rings. The average molecular weight is 260 g/mol. The van der Waals surface area contributed by atoms with E-state index in [0.29, 0.717) is 19.5 Å². The van der Waals surface area contributed by atoms with E-state index in [1.807, 2.05) is 49.1 Å². The average Bonchev–Trinajstić information content (AvgIpc) is 2.93. The minimum absolute atomic E-state index is 0.0225. The van der Waals surface area contributed by atoms with Gasteiger partial charge in [-0.15, -0.1) is 0 Å². The number of likely N-dealkylation sites (N-methyl/N-ethyl adjacent to an activating group) is 1. The van der Waals surface area contributed by atoms with Crippen molar-refractivity contribution >= 4 is 11.6 Å². The highest BCUT2D eigenvalue weighted by molar-refractivity contribution is 6.01. The molecule has 1 aliphatic heterocycles. The van der Waals surface area contributed by atoms with Gasteiger partial charge >= 0.3 is 0 Å². The van der Waals surface area contributed by atoms with Gasteiger partial charge in [-0.2, -0.15) is 0 Å². The van der Waals surface area contributed by atoms with Crippen LogP contribution in [0.2, 0.25) is 0 Å². The van der Waals surface area contributed by atoms with Crippen LogP contribution in [0.3, 0.4) is 0 Å². The Morgan fingerprint density at radius 3 is 2.74 bits per heavy atom. The molecule has 1 heterocycles. The molecule has 0 radical (unpaired) electrons. The molecule has 0 bridgehead atoms. The Morgan fingerprint density at radius 1 is 1.37 bits per heavy atom. The van der Waals surface area contributed by atoms with Crippen molar-refractivity contribution in [3.8, 4) is 0 Å². The summed E-state index contributed by atoms with van der Waals surface area (Å²) in [5.41, 5.74) is 2.06. The Morgan fingerprint density at radius 2 is 2.11 bits per heavy atom. The van der Waals surface area contributed by atoms with Gasteiger partial charge in [0, 0.05) is 19.4 Å². The van der Waals surface area contributed by atoms with Crippen molar-refractivity contribution in [2.75, 3.05) is 13.1 Å². The van der Waals surface area contributed by atoms with Crippen LogP contribution in [-0.2, 0) is 9.63 Å². The molecule has 0 saturated carbocycles. The highest BCUT2D eigenvalue weighted by Crippen LogP contribution is 2.17. The van der Waals surface area contributed by atoms with Gasteiger partial charge in [-0.25, -0.2) is 0 Å². The quantitative estimate of drug-likeness (QED) is 0.816. The fourth-order valence-corrected chi connectivity index (χ4v) is 2.20. The molecule has 1 atom stereocenters. The molecule has 2 rings (SSSR count). The van der Waals surface area contributed by atoms with E-state index in [9.17, 15) is 4.79 Å². The van der Waals surface area contributed by atoms with Gasteiger partial charge in [0.25, 0.3) is 0 Å². The highest BCUT2D eigenvalue weighted by Gasteiger charge is 2.25. The lowest BCUT2D eigenvalue weighted by atomic mass is 10.0. The molecule has 0 aliphatic carbocycles. The smallest absolute Gasteiger partial charge is 0.222 e. The van der Waals surface area contributed by atoms with E-state index in [0.717, 1.165) is 17.7 Å². The SMILES string of the molecule is CCC(=O)N(CC)C[C@H]1CC(c2ccccc2)=NO1. The first-order valence-electron chi connectivity index (χ1n) is 6.80. The number of amides is 1. The lowest BCUT2D eigenvalue weighted by Gasteiger charge is -2.22. The highest BCUT2D eigenvalue weighted by atomic mass is 16.6. The summed E-state index contributed by atoms with van der Waals surface area (Å²) in [5, 5.41) is 4.14. The molecular formula is C15H20N2O2. The van der Waals surface area contributed by atoms with Crippen molar-refractivity contribution in [1.29, 1.82) is 0 Å². The van der Waals surface area contributed by atoms with Crippen LogP contribution in [0.4, 0.5) is 0 Å². The maximum absolute atomic E-state index is 11.7. The van der Waals surface area contributed by atoms with Crippen LogP contribution >= 0.6 is 0 Å². The number of benzene rings is 1. The molecular weight excluding hydrogens is 240 g/mol. The first kappa shape index (κ1) is 13.6. The van der Waals surface area contributed by atoms with E-state index in [2.05, 4.69) is 5.16 Å². The number of hydrogen-bond donors (Lipinski definition) is 0. The predicted molar refractivity (Wildman–Crippen MR) is 75.0 cm³/mol. The standard InChI is InChI=1S/C15H20N2O2/c1-3-15(18)17(4-2)11-13-10-14(16-19-13)12-8-6-5-7-9-12/h5-9,13H,3-4,10-11H2,1-2H3/t13-/m1/s1. The number of carbonyl (C=O) groups is 1. The van der Waals surface area contributed by atoms with E-state index in [1.165, 1.54) is 0 Å². The zero-order valence-corrected chi connectivity index (χ0v) is 11.5. The van der Waals surface area contributed by atoms with E-state index < -0.39 is 0 Å². The van der Waals surface area contributed by atoms with Crippen molar-refractivity contribution in [3.05, 3.63) is 35.9 Å². The molecule has 102 valence electrons. The van der Waals surface area contributed by atoms with Gasteiger partial charge in [-0.05, 0) is 12.5 Å². The second kappa shape index (κ2) is 6.36. The molecule has 0 unspecified atom stereocenters. The first-order valence-corrected chi connectivity index (χ1v) is 6.80. The Balaban J connectivity index is 1.92. The van der Waals surface area contributed by atoms with Crippen molar-refractivity contribution in [2.24, 2.45) is 5.16 Å². The molecule has 0 N–H and O–H groups in total. The summed E-state index contributed by atoms with van der Waals surface area (Å²) >= 11 is 0. The molecule has 4 nitrogen and oxygen atoms in total. The van der Waals surface area contributed by atoms with Gasteiger partial charge in [0.2, 0.25) is 5.91 Å². The summed E-state index contributed by atoms with van der Waals surface area (Å²) in [5.74, 6) is 0.166. The molecule has 1 aliphatic rings. The monoisotopic (exact) mass is 260 g/mol. The molecule has 1 amide bonds. The van der Waals surface area contributed by atoms with Gasteiger partial charge in [0.05, 0.1) is 12.3 Å². The second-order valence-electron chi connectivity index (χ2n) is 4.62. The number of hydrogen-bond acceptors (Lipinski definition) is 3. The van der Waals surface area contributed by atoms with Gasteiger partial charge in [0.1, 0.15) is 0 Å². The topological polar surface area (TPSA) is 41.9 Å². The van der Waals surface area contributed by atoms with E-state index in [-0.39, 0.29) is 12.0 Å². The summed E-state index contributed by atoms with van der Waals surface area (Å²) in [7, 11) is 0. The molecule has 0 aromatic heterocycles. The molecule has 0 fully saturated rings. The largest absolute Gasteiger partial charge is 0.390 e. The number of oxime groups is 1. The predicted octanol–water partition coefficient (Wildman–Crippen LogP) is 2.44. The van der Waals surface area contributed by atoms with Crippen LogP contribution in [-0.4, -0.2) is 35.7 Å². The summed E-state index contributed by atoms with van der Waals surface area (Å²) in [6.07, 6.45) is 1.27. The fourth-order valence-electron chi connectivity index (χ4n) is 2.20. The molecule has 1 aromatic carbocycles. The number of nitrogens with zero attached hydrogens (tertiary/aromatic N) is 2. The maximum Gasteiger partial charge on any atom is 0.222 e. The lowest BCUT2D eigenvalue weighted by molar-refractivity contribution is -0.132. The normalized spacial score (nSPS) is 17.8. The molecule has 0 spiro atoms. The van der Waals surface area contributed by atoms with Gasteiger partial charge in [-0.1, -0.05) is 42.4 Å². The van der Waals surface area contributed by atoms with E-state index in [1.54, 1.807) is 0 Å². The number of carbonyl (C=O) groups excluding carboxylic acids is 1. The van der Waals surface area contributed by atoms with Crippen LogP contribution in [0.25, 0.3) is 0 Å². The maximum atomic E-state index is 11.7. The minimum Gasteiger partial charge on any atom is -0.390 e. The van der Waals surface area contributed by atoms with Crippen LogP contribution < -0.4 is 0 Å². The van der Waals surface area contributed by atoms with Crippen molar-refractivity contribution < 1.29 is 9.63 Å². The molecule has 0 saturated heterocycles. The zero-order valence-electron chi connectivity index (χ0n) is 11.5. The zero-order chi connectivity index (χ0) is 13.7. The van der Waals surface area contributed by atoms with Crippen LogP contribution in [0.5, 0.6) is 0 Å². The minimum atomic E-state index is -0.0225. The Bertz CT molecular complexity index is 456. The third kappa shape index (κ3) is 3.34. The lowest BCUT2D eigenvalue weighted by Crippen LogP contribution is -2.37. The van der Waals surface area contributed by atoms with Crippen LogP contribution in [0.15, 0.2) is 35.5 Å². The Kier molecular flexibility index (Phi) is 4.55. The van der Waals surface area contributed by atoms with Crippen LogP contribution in [0, 0.1) is 0 Å². The van der Waals surface area contributed by atoms with Crippen molar-refractivity contribution in [2.45, 2.75) is 32.8 Å². The summed E-state index contributed by atoms with van der Waals surface area (Å²) < 4.78 is 0.